The van der Waals surface area contributed by atoms with Crippen molar-refractivity contribution in [1.29, 1.82) is 0 Å². The molecule has 0 aliphatic heterocycles. The molecular weight excluding hydrogens is 221 g/mol. The van der Waals surface area contributed by atoms with Gasteiger partial charge in [0.1, 0.15) is 12.0 Å². The lowest BCUT2D eigenvalue weighted by molar-refractivity contribution is 0.228. The van der Waals surface area contributed by atoms with E-state index in [9.17, 15) is 4.39 Å². The molecule has 0 radical (unpaired) electrons. The second-order valence-corrected chi connectivity index (χ2v) is 3.55. The number of hydrogen-bond donors (Lipinski definition) is 1. The van der Waals surface area contributed by atoms with Crippen LogP contribution >= 0.6 is 0 Å². The summed E-state index contributed by atoms with van der Waals surface area (Å²) in [6, 6.07) is 6.34. The summed E-state index contributed by atoms with van der Waals surface area (Å²) in [6.07, 6.45) is 2.51. The Hall–Kier alpha value is -2.01. The zero-order chi connectivity index (χ0) is 12.3. The van der Waals surface area contributed by atoms with E-state index in [4.69, 9.17) is 10.5 Å². The zero-order valence-corrected chi connectivity index (χ0v) is 9.30. The molecule has 0 fully saturated rings. The average molecular weight is 233 g/mol. The maximum Gasteiger partial charge on any atom is 0.162 e. The number of benzene rings is 1. The Labute approximate surface area is 98.3 Å². The SMILES string of the molecule is CC(N)Oc1cnc(-c2ccccc2F)nc1. The third kappa shape index (κ3) is 2.76. The molecule has 0 bridgehead atoms. The van der Waals surface area contributed by atoms with Crippen molar-refractivity contribution in [2.75, 3.05) is 0 Å². The van der Waals surface area contributed by atoms with E-state index >= 15 is 0 Å². The molecule has 5 heteroatoms. The van der Waals surface area contributed by atoms with Gasteiger partial charge in [0.25, 0.3) is 0 Å². The van der Waals surface area contributed by atoms with Crippen LogP contribution in [-0.2, 0) is 0 Å². The molecule has 1 aromatic heterocycles. The minimum atomic E-state index is -0.432. The number of nitrogens with two attached hydrogens (primary N) is 1. The molecule has 1 aromatic carbocycles. The number of rotatable bonds is 3. The molecule has 0 aliphatic carbocycles. The van der Waals surface area contributed by atoms with Crippen LogP contribution in [0.4, 0.5) is 4.39 Å². The molecule has 2 N–H and O–H groups in total. The van der Waals surface area contributed by atoms with E-state index in [1.165, 1.54) is 18.5 Å². The summed E-state index contributed by atoms with van der Waals surface area (Å²) < 4.78 is 18.6. The van der Waals surface area contributed by atoms with Crippen molar-refractivity contribution >= 4 is 0 Å². The predicted molar refractivity (Wildman–Crippen MR) is 61.7 cm³/mol. The van der Waals surface area contributed by atoms with Crippen LogP contribution in [0.2, 0.25) is 0 Å². The third-order valence-corrected chi connectivity index (χ3v) is 2.06. The topological polar surface area (TPSA) is 61.0 Å². The molecule has 0 aliphatic rings. The maximum absolute atomic E-state index is 13.5. The number of ether oxygens (including phenoxy) is 1. The molecule has 1 atom stereocenters. The summed E-state index contributed by atoms with van der Waals surface area (Å²) in [4.78, 5) is 8.06. The van der Waals surface area contributed by atoms with Gasteiger partial charge in [0.2, 0.25) is 0 Å². The molecule has 0 saturated heterocycles. The van der Waals surface area contributed by atoms with E-state index in [0.29, 0.717) is 17.1 Å². The first-order valence-corrected chi connectivity index (χ1v) is 5.16. The first kappa shape index (κ1) is 11.5. The molecule has 1 heterocycles. The van der Waals surface area contributed by atoms with Crippen molar-refractivity contribution in [2.24, 2.45) is 5.73 Å². The van der Waals surface area contributed by atoms with Crippen LogP contribution < -0.4 is 10.5 Å². The van der Waals surface area contributed by atoms with Gasteiger partial charge in [0, 0.05) is 0 Å². The Morgan fingerprint density at radius 3 is 2.47 bits per heavy atom. The van der Waals surface area contributed by atoms with Crippen molar-refractivity contribution in [3.05, 3.63) is 42.5 Å². The van der Waals surface area contributed by atoms with Gasteiger partial charge in [-0.25, -0.2) is 14.4 Å². The molecule has 17 heavy (non-hydrogen) atoms. The van der Waals surface area contributed by atoms with Crippen LogP contribution in [0.1, 0.15) is 6.92 Å². The van der Waals surface area contributed by atoms with Crippen LogP contribution in [0.5, 0.6) is 5.75 Å². The fourth-order valence-electron chi connectivity index (χ4n) is 1.37. The largest absolute Gasteiger partial charge is 0.473 e. The van der Waals surface area contributed by atoms with Gasteiger partial charge >= 0.3 is 0 Å². The highest BCUT2D eigenvalue weighted by Gasteiger charge is 2.07. The van der Waals surface area contributed by atoms with Crippen molar-refractivity contribution in [2.45, 2.75) is 13.2 Å². The van der Waals surface area contributed by atoms with Crippen molar-refractivity contribution in [3.63, 3.8) is 0 Å². The molecular formula is C12H12FN3O. The quantitative estimate of drug-likeness (QED) is 0.823. The van der Waals surface area contributed by atoms with Crippen LogP contribution in [0.3, 0.4) is 0 Å². The Morgan fingerprint density at radius 2 is 1.88 bits per heavy atom. The first-order valence-electron chi connectivity index (χ1n) is 5.16. The molecule has 4 nitrogen and oxygen atoms in total. The highest BCUT2D eigenvalue weighted by atomic mass is 19.1. The lowest BCUT2D eigenvalue weighted by atomic mass is 10.2. The molecule has 0 spiro atoms. The van der Waals surface area contributed by atoms with E-state index in [2.05, 4.69) is 9.97 Å². The Kier molecular flexibility index (Phi) is 3.30. The van der Waals surface area contributed by atoms with Crippen molar-refractivity contribution < 1.29 is 9.13 Å². The van der Waals surface area contributed by atoms with Crippen LogP contribution in [0.15, 0.2) is 36.7 Å². The monoisotopic (exact) mass is 233 g/mol. The normalized spacial score (nSPS) is 12.2. The van der Waals surface area contributed by atoms with Gasteiger partial charge in [-0.3, -0.25) is 5.73 Å². The summed E-state index contributed by atoms with van der Waals surface area (Å²) in [6.45, 7) is 1.70. The highest BCUT2D eigenvalue weighted by molar-refractivity contribution is 5.55. The minimum absolute atomic E-state index is 0.320. The van der Waals surface area contributed by atoms with Crippen LogP contribution in [0.25, 0.3) is 11.4 Å². The maximum atomic E-state index is 13.5. The fourth-order valence-corrected chi connectivity index (χ4v) is 1.37. The Bertz CT molecular complexity index is 499. The summed E-state index contributed by atoms with van der Waals surface area (Å²) in [5.41, 5.74) is 5.82. The van der Waals surface area contributed by atoms with Gasteiger partial charge in [-0.05, 0) is 19.1 Å². The third-order valence-electron chi connectivity index (χ3n) is 2.06. The van der Waals surface area contributed by atoms with E-state index in [-0.39, 0.29) is 5.82 Å². The predicted octanol–water partition coefficient (Wildman–Crippen LogP) is 1.97. The summed E-state index contributed by atoms with van der Waals surface area (Å²) >= 11 is 0. The van der Waals surface area contributed by atoms with E-state index in [0.717, 1.165) is 0 Å². The van der Waals surface area contributed by atoms with Crippen LogP contribution in [-0.4, -0.2) is 16.2 Å². The van der Waals surface area contributed by atoms with Crippen molar-refractivity contribution in [3.8, 4) is 17.1 Å². The van der Waals surface area contributed by atoms with Gasteiger partial charge in [-0.15, -0.1) is 0 Å². The summed E-state index contributed by atoms with van der Waals surface area (Å²) in [5, 5.41) is 0. The average Bonchev–Trinajstić information content (AvgIpc) is 2.30. The minimum Gasteiger partial charge on any atom is -0.473 e. The molecule has 1 unspecified atom stereocenters. The lowest BCUT2D eigenvalue weighted by Gasteiger charge is -2.08. The van der Waals surface area contributed by atoms with E-state index in [1.807, 2.05) is 0 Å². The number of aromatic nitrogens is 2. The molecule has 2 aromatic rings. The molecule has 2 rings (SSSR count). The number of nitrogens with zero attached hydrogens (tertiary/aromatic N) is 2. The zero-order valence-electron chi connectivity index (χ0n) is 9.30. The highest BCUT2D eigenvalue weighted by Crippen LogP contribution is 2.19. The van der Waals surface area contributed by atoms with Crippen molar-refractivity contribution in [1.82, 2.24) is 9.97 Å². The smallest absolute Gasteiger partial charge is 0.162 e. The van der Waals surface area contributed by atoms with Gasteiger partial charge in [0.05, 0.1) is 18.0 Å². The Balaban J connectivity index is 2.27. The second-order valence-electron chi connectivity index (χ2n) is 3.55. The standard InChI is InChI=1S/C12H12FN3O/c1-8(14)17-9-6-15-12(16-7-9)10-4-2-3-5-11(10)13/h2-8H,14H2,1H3. The number of hydrogen-bond acceptors (Lipinski definition) is 4. The molecule has 0 saturated carbocycles. The van der Waals surface area contributed by atoms with Crippen LogP contribution in [0, 0.1) is 5.82 Å². The van der Waals surface area contributed by atoms with Gasteiger partial charge in [-0.2, -0.15) is 0 Å². The summed E-state index contributed by atoms with van der Waals surface area (Å²) in [5.74, 6) is 0.425. The van der Waals surface area contributed by atoms with Gasteiger partial charge < -0.3 is 4.74 Å². The van der Waals surface area contributed by atoms with Gasteiger partial charge in [-0.1, -0.05) is 12.1 Å². The van der Waals surface area contributed by atoms with E-state index < -0.39 is 6.23 Å². The molecule has 88 valence electrons. The fraction of sp³-hybridized carbons (Fsp3) is 0.167. The number of halogens is 1. The van der Waals surface area contributed by atoms with Gasteiger partial charge in [0.15, 0.2) is 11.6 Å². The Morgan fingerprint density at radius 1 is 1.24 bits per heavy atom. The van der Waals surface area contributed by atoms with E-state index in [1.54, 1.807) is 25.1 Å². The lowest BCUT2D eigenvalue weighted by Crippen LogP contribution is -2.22. The molecule has 0 amide bonds. The first-order chi connectivity index (χ1) is 8.16. The second kappa shape index (κ2) is 4.88. The summed E-state index contributed by atoms with van der Waals surface area (Å²) in [7, 11) is 0.